The molecule has 82 valence electrons. The second-order valence-electron chi connectivity index (χ2n) is 4.46. The van der Waals surface area contributed by atoms with Crippen molar-refractivity contribution in [3.63, 3.8) is 0 Å². The average Bonchev–Trinajstić information content (AvgIpc) is 2.17. The van der Waals surface area contributed by atoms with Gasteiger partial charge in [-0.15, -0.1) is 0 Å². The summed E-state index contributed by atoms with van der Waals surface area (Å²) >= 11 is 3.69. The van der Waals surface area contributed by atoms with Crippen LogP contribution >= 0.6 is 15.9 Å². The van der Waals surface area contributed by atoms with E-state index >= 15 is 0 Å². The summed E-state index contributed by atoms with van der Waals surface area (Å²) in [5, 5.41) is 0. The molecular formula is C13H18BrN. The highest BCUT2D eigenvalue weighted by molar-refractivity contribution is 9.10. The molecule has 0 aliphatic carbocycles. The molecule has 0 amide bonds. The molecule has 1 aromatic carbocycles. The van der Waals surface area contributed by atoms with Crippen LogP contribution in [0.3, 0.4) is 0 Å². The molecule has 1 aromatic rings. The van der Waals surface area contributed by atoms with Crippen LogP contribution in [0.15, 0.2) is 16.6 Å². The Hall–Kier alpha value is -0.500. The third kappa shape index (κ3) is 2.36. The topological polar surface area (TPSA) is 3.24 Å². The van der Waals surface area contributed by atoms with E-state index in [1.54, 1.807) is 0 Å². The molecule has 1 nitrogen and oxygen atoms in total. The Morgan fingerprint density at radius 2 is 1.73 bits per heavy atom. The predicted octanol–water partition coefficient (Wildman–Crippen LogP) is 4.06. The van der Waals surface area contributed by atoms with Crippen LogP contribution < -0.4 is 4.90 Å². The van der Waals surface area contributed by atoms with E-state index in [0.717, 1.165) is 0 Å². The number of anilines is 1. The van der Waals surface area contributed by atoms with Crippen molar-refractivity contribution < 1.29 is 0 Å². The minimum Gasteiger partial charge on any atom is -0.370 e. The van der Waals surface area contributed by atoms with Crippen molar-refractivity contribution in [1.82, 2.24) is 0 Å². The van der Waals surface area contributed by atoms with Crippen LogP contribution in [0.2, 0.25) is 0 Å². The third-order valence-electron chi connectivity index (χ3n) is 3.07. The normalized spacial score (nSPS) is 16.9. The Kier molecular flexibility index (Phi) is 3.35. The van der Waals surface area contributed by atoms with E-state index in [1.165, 1.54) is 53.6 Å². The second-order valence-corrected chi connectivity index (χ2v) is 5.31. The smallest absolute Gasteiger partial charge is 0.0540 e. The highest BCUT2D eigenvalue weighted by atomic mass is 79.9. The van der Waals surface area contributed by atoms with Crippen LogP contribution in [0.1, 0.15) is 30.4 Å². The van der Waals surface area contributed by atoms with Gasteiger partial charge in [-0.25, -0.2) is 0 Å². The predicted molar refractivity (Wildman–Crippen MR) is 69.7 cm³/mol. The van der Waals surface area contributed by atoms with Gasteiger partial charge < -0.3 is 4.90 Å². The van der Waals surface area contributed by atoms with Gasteiger partial charge in [-0.3, -0.25) is 0 Å². The van der Waals surface area contributed by atoms with Gasteiger partial charge in [0.05, 0.1) is 5.69 Å². The van der Waals surface area contributed by atoms with Crippen molar-refractivity contribution >= 4 is 21.6 Å². The summed E-state index contributed by atoms with van der Waals surface area (Å²) < 4.78 is 1.25. The first-order chi connectivity index (χ1) is 7.18. The van der Waals surface area contributed by atoms with Gasteiger partial charge in [-0.1, -0.05) is 6.07 Å². The van der Waals surface area contributed by atoms with Crippen molar-refractivity contribution in [1.29, 1.82) is 0 Å². The minimum atomic E-state index is 1.21. The number of halogens is 1. The molecular weight excluding hydrogens is 250 g/mol. The molecule has 0 saturated carbocycles. The fourth-order valence-corrected chi connectivity index (χ4v) is 3.35. The zero-order valence-corrected chi connectivity index (χ0v) is 11.1. The van der Waals surface area contributed by atoms with Crippen molar-refractivity contribution in [2.75, 3.05) is 18.0 Å². The van der Waals surface area contributed by atoms with Crippen LogP contribution in [0.4, 0.5) is 5.69 Å². The average molecular weight is 268 g/mol. The van der Waals surface area contributed by atoms with Crippen molar-refractivity contribution in [2.24, 2.45) is 0 Å². The number of nitrogens with zero attached hydrogens (tertiary/aromatic N) is 1. The van der Waals surface area contributed by atoms with Crippen LogP contribution in [0, 0.1) is 13.8 Å². The SMILES string of the molecule is Cc1cc(C)c(N2CCCCC2)c(Br)c1. The lowest BCUT2D eigenvalue weighted by Gasteiger charge is -2.31. The Bertz CT molecular complexity index is 331. The summed E-state index contributed by atoms with van der Waals surface area (Å²) in [6.45, 7) is 6.78. The van der Waals surface area contributed by atoms with Crippen molar-refractivity contribution in [3.05, 3.63) is 27.7 Å². The summed E-state index contributed by atoms with van der Waals surface area (Å²) in [7, 11) is 0. The van der Waals surface area contributed by atoms with Gasteiger partial charge in [0.1, 0.15) is 0 Å². The molecule has 1 aliphatic rings. The maximum absolute atomic E-state index is 3.69. The lowest BCUT2D eigenvalue weighted by molar-refractivity contribution is 0.576. The van der Waals surface area contributed by atoms with E-state index in [2.05, 4.69) is 46.8 Å². The molecule has 1 heterocycles. The van der Waals surface area contributed by atoms with Gasteiger partial charge in [0.15, 0.2) is 0 Å². The van der Waals surface area contributed by atoms with E-state index in [-0.39, 0.29) is 0 Å². The molecule has 0 aromatic heterocycles. The molecule has 1 fully saturated rings. The minimum absolute atomic E-state index is 1.21. The maximum atomic E-state index is 3.69. The summed E-state index contributed by atoms with van der Waals surface area (Å²) in [5.74, 6) is 0. The number of rotatable bonds is 1. The van der Waals surface area contributed by atoms with Gasteiger partial charge >= 0.3 is 0 Å². The molecule has 1 saturated heterocycles. The highest BCUT2D eigenvalue weighted by Crippen LogP contribution is 2.32. The first kappa shape index (κ1) is 11.0. The Balaban J connectivity index is 2.33. The van der Waals surface area contributed by atoms with E-state index in [4.69, 9.17) is 0 Å². The van der Waals surface area contributed by atoms with Gasteiger partial charge in [0.25, 0.3) is 0 Å². The molecule has 2 heteroatoms. The third-order valence-corrected chi connectivity index (χ3v) is 3.68. The number of aryl methyl sites for hydroxylation is 2. The summed E-state index contributed by atoms with van der Waals surface area (Å²) in [6.07, 6.45) is 4.05. The molecule has 0 atom stereocenters. The van der Waals surface area contributed by atoms with Crippen LogP contribution in [0.5, 0.6) is 0 Å². The van der Waals surface area contributed by atoms with E-state index < -0.39 is 0 Å². The van der Waals surface area contributed by atoms with Crippen molar-refractivity contribution in [2.45, 2.75) is 33.1 Å². The lowest BCUT2D eigenvalue weighted by Crippen LogP contribution is -2.30. The standard InChI is InChI=1S/C13H18BrN/c1-10-8-11(2)13(12(14)9-10)15-6-4-3-5-7-15/h8-9H,3-7H2,1-2H3. The number of hydrogen-bond donors (Lipinski definition) is 0. The van der Waals surface area contributed by atoms with Crippen LogP contribution in [-0.2, 0) is 0 Å². The zero-order chi connectivity index (χ0) is 10.8. The van der Waals surface area contributed by atoms with E-state index in [1.807, 2.05) is 0 Å². The molecule has 0 N–H and O–H groups in total. The number of benzene rings is 1. The zero-order valence-electron chi connectivity index (χ0n) is 9.52. The van der Waals surface area contributed by atoms with Gasteiger partial charge in [-0.2, -0.15) is 0 Å². The fourth-order valence-electron chi connectivity index (χ4n) is 2.43. The van der Waals surface area contributed by atoms with Gasteiger partial charge in [-0.05, 0) is 66.2 Å². The quantitative estimate of drug-likeness (QED) is 0.742. The molecule has 0 unspecified atom stereocenters. The molecule has 15 heavy (non-hydrogen) atoms. The summed E-state index contributed by atoms with van der Waals surface area (Å²) in [5.41, 5.74) is 4.13. The molecule has 0 bridgehead atoms. The number of hydrogen-bond acceptors (Lipinski definition) is 1. The first-order valence-electron chi connectivity index (χ1n) is 5.70. The summed E-state index contributed by atoms with van der Waals surface area (Å²) in [6, 6.07) is 4.49. The maximum Gasteiger partial charge on any atom is 0.0540 e. The Morgan fingerprint density at radius 1 is 1.07 bits per heavy atom. The number of piperidine rings is 1. The van der Waals surface area contributed by atoms with Crippen LogP contribution in [-0.4, -0.2) is 13.1 Å². The molecule has 0 radical (unpaired) electrons. The molecule has 2 rings (SSSR count). The van der Waals surface area contributed by atoms with E-state index in [9.17, 15) is 0 Å². The second kappa shape index (κ2) is 4.56. The van der Waals surface area contributed by atoms with Gasteiger partial charge in [0, 0.05) is 17.6 Å². The largest absolute Gasteiger partial charge is 0.370 e. The molecule has 1 aliphatic heterocycles. The Morgan fingerprint density at radius 3 is 2.33 bits per heavy atom. The van der Waals surface area contributed by atoms with Crippen LogP contribution in [0.25, 0.3) is 0 Å². The fraction of sp³-hybridized carbons (Fsp3) is 0.538. The lowest BCUT2D eigenvalue weighted by atomic mass is 10.1. The monoisotopic (exact) mass is 267 g/mol. The Labute approximate surface area is 101 Å². The molecule has 0 spiro atoms. The van der Waals surface area contributed by atoms with E-state index in [0.29, 0.717) is 0 Å². The summed E-state index contributed by atoms with van der Waals surface area (Å²) in [4.78, 5) is 2.52. The van der Waals surface area contributed by atoms with Gasteiger partial charge in [0.2, 0.25) is 0 Å². The highest BCUT2D eigenvalue weighted by Gasteiger charge is 2.15. The van der Waals surface area contributed by atoms with Crippen molar-refractivity contribution in [3.8, 4) is 0 Å². The first-order valence-corrected chi connectivity index (χ1v) is 6.49.